The topological polar surface area (TPSA) is 26.3 Å². The monoisotopic (exact) mass is 314 g/mol. The Balaban J connectivity index is 3.30. The third kappa shape index (κ3) is 3.42. The first-order valence-electron chi connectivity index (χ1n) is 4.40. The van der Waals surface area contributed by atoms with Gasteiger partial charge in [-0.05, 0) is 35.0 Å². The molecule has 1 aromatic carbocycles. The van der Waals surface area contributed by atoms with Gasteiger partial charge in [-0.25, -0.2) is 8.78 Å². The molecule has 0 saturated heterocycles. The van der Waals surface area contributed by atoms with E-state index < -0.39 is 30.1 Å². The Kier molecular flexibility index (Phi) is 4.50. The number of ketones is 1. The van der Waals surface area contributed by atoms with E-state index in [4.69, 9.17) is 0 Å². The van der Waals surface area contributed by atoms with E-state index in [2.05, 4.69) is 20.7 Å². The molecule has 0 N–H and O–H groups in total. The molecular weight excluding hydrogens is 308 g/mol. The van der Waals surface area contributed by atoms with Gasteiger partial charge in [-0.2, -0.15) is 8.78 Å². The summed E-state index contributed by atoms with van der Waals surface area (Å²) in [5, 5.41) is 0. The lowest BCUT2D eigenvalue weighted by molar-refractivity contribution is -0.0520. The van der Waals surface area contributed by atoms with E-state index in [0.29, 0.717) is 0 Å². The number of Topliss-reactive ketones (excluding diaryl/α,β-unsaturated/α-hetero) is 1. The Morgan fingerprint density at radius 2 is 1.88 bits per heavy atom. The number of rotatable bonds is 4. The summed E-state index contributed by atoms with van der Waals surface area (Å²) in [4.78, 5) is 11.1. The van der Waals surface area contributed by atoms with Crippen LogP contribution in [-0.2, 0) is 0 Å². The minimum atomic E-state index is -3.21. The second-order valence-electron chi connectivity index (χ2n) is 3.11. The van der Waals surface area contributed by atoms with Crippen molar-refractivity contribution in [3.63, 3.8) is 0 Å². The molecule has 0 atom stereocenters. The smallest absolute Gasteiger partial charge is 0.387 e. The van der Waals surface area contributed by atoms with Crippen LogP contribution in [-0.4, -0.2) is 12.4 Å². The zero-order chi connectivity index (χ0) is 13.2. The first-order chi connectivity index (χ1) is 7.82. The predicted octanol–water partition coefficient (Wildman–Crippen LogP) is 4.19. The van der Waals surface area contributed by atoms with Gasteiger partial charge in [0, 0.05) is 10.0 Å². The third-order valence-electron chi connectivity index (χ3n) is 1.93. The fraction of sp³-hybridized carbons (Fsp3) is 0.300. The van der Waals surface area contributed by atoms with Gasteiger partial charge in [0.15, 0.2) is 5.78 Å². The average Bonchev–Trinajstić information content (AvgIpc) is 2.15. The number of ether oxygens (including phenoxy) is 1. The Morgan fingerprint density at radius 3 is 2.29 bits per heavy atom. The number of alkyl halides is 4. The minimum absolute atomic E-state index is 0.0121. The van der Waals surface area contributed by atoms with Gasteiger partial charge in [0.25, 0.3) is 6.43 Å². The van der Waals surface area contributed by atoms with Crippen LogP contribution in [0.5, 0.6) is 5.75 Å². The van der Waals surface area contributed by atoms with E-state index in [1.54, 1.807) is 0 Å². The van der Waals surface area contributed by atoms with Crippen molar-refractivity contribution in [3.8, 4) is 5.75 Å². The van der Waals surface area contributed by atoms with Crippen molar-refractivity contribution in [1.82, 2.24) is 0 Å². The molecule has 0 aliphatic carbocycles. The van der Waals surface area contributed by atoms with Crippen LogP contribution in [0, 0.1) is 0 Å². The molecule has 0 spiro atoms. The molecule has 0 bridgehead atoms. The van der Waals surface area contributed by atoms with Crippen LogP contribution in [0.4, 0.5) is 17.6 Å². The maximum Gasteiger partial charge on any atom is 0.387 e. The summed E-state index contributed by atoms with van der Waals surface area (Å²) in [5.74, 6) is -1.10. The average molecular weight is 315 g/mol. The van der Waals surface area contributed by atoms with Gasteiger partial charge in [0.2, 0.25) is 0 Å². The summed E-state index contributed by atoms with van der Waals surface area (Å²) < 4.78 is 53.3. The molecule has 0 heterocycles. The van der Waals surface area contributed by atoms with Crippen molar-refractivity contribution in [2.45, 2.75) is 20.0 Å². The zero-order valence-electron chi connectivity index (χ0n) is 8.52. The summed E-state index contributed by atoms with van der Waals surface area (Å²) in [5.41, 5.74) is -0.749. The van der Waals surface area contributed by atoms with Crippen LogP contribution >= 0.6 is 15.9 Å². The number of halogens is 5. The second kappa shape index (κ2) is 5.48. The maximum absolute atomic E-state index is 12.6. The Labute approximate surface area is 103 Å². The summed E-state index contributed by atoms with van der Waals surface area (Å²) in [6, 6.07) is 1.78. The molecule has 0 aliphatic rings. The summed E-state index contributed by atoms with van der Waals surface area (Å²) >= 11 is 2.93. The molecular formula is C10H7BrF4O2. The van der Waals surface area contributed by atoms with Crippen molar-refractivity contribution in [3.05, 3.63) is 27.7 Å². The minimum Gasteiger partial charge on any atom is -0.434 e. The number of benzene rings is 1. The second-order valence-corrected chi connectivity index (χ2v) is 3.96. The third-order valence-corrected chi connectivity index (χ3v) is 2.59. The Bertz CT molecular complexity index is 435. The summed E-state index contributed by atoms with van der Waals surface area (Å²) in [7, 11) is 0. The van der Waals surface area contributed by atoms with E-state index in [1.165, 1.54) is 6.92 Å². The highest BCUT2D eigenvalue weighted by Crippen LogP contribution is 2.35. The van der Waals surface area contributed by atoms with Crippen molar-refractivity contribution in [1.29, 1.82) is 0 Å². The van der Waals surface area contributed by atoms with Crippen molar-refractivity contribution >= 4 is 21.7 Å². The zero-order valence-corrected chi connectivity index (χ0v) is 10.1. The van der Waals surface area contributed by atoms with Crippen molar-refractivity contribution in [2.24, 2.45) is 0 Å². The van der Waals surface area contributed by atoms with Crippen LogP contribution in [0.1, 0.15) is 29.3 Å². The number of hydrogen-bond donors (Lipinski definition) is 0. The fourth-order valence-corrected chi connectivity index (χ4v) is 1.81. The molecule has 0 unspecified atom stereocenters. The van der Waals surface area contributed by atoms with Crippen LogP contribution < -0.4 is 4.74 Å². The standard InChI is InChI=1S/C10H7BrF4O2/c1-4(16)5-2-6(9(12)13)8(3-7(5)11)17-10(14)15/h2-3,9-10H,1H3. The van der Waals surface area contributed by atoms with E-state index >= 15 is 0 Å². The van der Waals surface area contributed by atoms with E-state index in [0.717, 1.165) is 12.1 Å². The molecule has 7 heteroatoms. The molecule has 0 aliphatic heterocycles. The quantitative estimate of drug-likeness (QED) is 0.615. The van der Waals surface area contributed by atoms with E-state index in [-0.39, 0.29) is 10.0 Å². The highest BCUT2D eigenvalue weighted by molar-refractivity contribution is 9.10. The SMILES string of the molecule is CC(=O)c1cc(C(F)F)c(OC(F)F)cc1Br. The van der Waals surface area contributed by atoms with Crippen LogP contribution in [0.25, 0.3) is 0 Å². The van der Waals surface area contributed by atoms with E-state index in [9.17, 15) is 22.4 Å². The van der Waals surface area contributed by atoms with Gasteiger partial charge in [0.1, 0.15) is 5.75 Å². The molecule has 17 heavy (non-hydrogen) atoms. The largest absolute Gasteiger partial charge is 0.434 e. The van der Waals surface area contributed by atoms with Crippen LogP contribution in [0.15, 0.2) is 16.6 Å². The molecule has 0 radical (unpaired) electrons. The number of hydrogen-bond acceptors (Lipinski definition) is 2. The van der Waals surface area contributed by atoms with Gasteiger partial charge in [-0.3, -0.25) is 4.79 Å². The van der Waals surface area contributed by atoms with Crippen molar-refractivity contribution < 1.29 is 27.1 Å². The first kappa shape index (κ1) is 14.0. The van der Waals surface area contributed by atoms with Gasteiger partial charge < -0.3 is 4.74 Å². The van der Waals surface area contributed by atoms with Crippen LogP contribution in [0.2, 0.25) is 0 Å². The number of carbonyl (C=O) groups is 1. The lowest BCUT2D eigenvalue weighted by atomic mass is 10.1. The highest BCUT2D eigenvalue weighted by Gasteiger charge is 2.21. The maximum atomic E-state index is 12.6. The van der Waals surface area contributed by atoms with Gasteiger partial charge in [-0.15, -0.1) is 0 Å². The Morgan fingerprint density at radius 1 is 1.29 bits per heavy atom. The molecule has 0 aromatic heterocycles. The highest BCUT2D eigenvalue weighted by atomic mass is 79.9. The van der Waals surface area contributed by atoms with E-state index in [1.807, 2.05) is 0 Å². The first-order valence-corrected chi connectivity index (χ1v) is 5.19. The fourth-order valence-electron chi connectivity index (χ4n) is 1.21. The summed E-state index contributed by atoms with van der Waals surface area (Å²) in [6.07, 6.45) is -3.00. The molecule has 2 nitrogen and oxygen atoms in total. The molecule has 1 rings (SSSR count). The van der Waals surface area contributed by atoms with Crippen molar-refractivity contribution in [2.75, 3.05) is 0 Å². The summed E-state index contributed by atoms with van der Waals surface area (Å²) in [6.45, 7) is -2.02. The molecule has 1 aromatic rings. The normalized spacial score (nSPS) is 11.1. The predicted molar refractivity (Wildman–Crippen MR) is 55.7 cm³/mol. The molecule has 0 saturated carbocycles. The van der Waals surface area contributed by atoms with Gasteiger partial charge >= 0.3 is 6.61 Å². The Hall–Kier alpha value is -1.11. The van der Waals surface area contributed by atoms with Gasteiger partial charge in [0.05, 0.1) is 5.56 Å². The molecule has 94 valence electrons. The van der Waals surface area contributed by atoms with Crippen LogP contribution in [0.3, 0.4) is 0 Å². The lowest BCUT2D eigenvalue weighted by Gasteiger charge is -2.12. The molecule has 0 amide bonds. The lowest BCUT2D eigenvalue weighted by Crippen LogP contribution is -2.06. The van der Waals surface area contributed by atoms with Gasteiger partial charge in [-0.1, -0.05) is 0 Å². The molecule has 0 fully saturated rings. The number of carbonyl (C=O) groups excluding carboxylic acids is 1.